The summed E-state index contributed by atoms with van der Waals surface area (Å²) >= 11 is 9.40. The van der Waals surface area contributed by atoms with Gasteiger partial charge in [0.25, 0.3) is 11.7 Å². The molecular formula is C25H19BrClN3O2. The molecule has 0 fully saturated rings. The number of carbonyl (C=O) groups is 2. The van der Waals surface area contributed by atoms with Crippen LogP contribution in [0.4, 0.5) is 0 Å². The van der Waals surface area contributed by atoms with Crippen LogP contribution in [-0.2, 0) is 11.2 Å². The second-order valence-electron chi connectivity index (χ2n) is 7.14. The van der Waals surface area contributed by atoms with E-state index >= 15 is 0 Å². The van der Waals surface area contributed by atoms with E-state index in [1.165, 1.54) is 0 Å². The largest absolute Gasteiger partial charge is 0.354 e. The summed E-state index contributed by atoms with van der Waals surface area (Å²) in [6, 6.07) is 18.5. The number of pyridine rings is 1. The maximum atomic E-state index is 13.1. The van der Waals surface area contributed by atoms with Crippen LogP contribution in [-0.4, -0.2) is 28.2 Å². The Kier molecular flexibility index (Phi) is 6.83. The van der Waals surface area contributed by atoms with Crippen molar-refractivity contribution in [3.63, 3.8) is 0 Å². The van der Waals surface area contributed by atoms with Gasteiger partial charge in [-0.3, -0.25) is 14.6 Å². The van der Waals surface area contributed by atoms with Crippen molar-refractivity contribution >= 4 is 62.3 Å². The van der Waals surface area contributed by atoms with Crippen molar-refractivity contribution < 1.29 is 9.59 Å². The number of aromatic nitrogens is 2. The number of nitrogens with one attached hydrogen (secondary N) is 2. The lowest BCUT2D eigenvalue weighted by Crippen LogP contribution is -2.33. The summed E-state index contributed by atoms with van der Waals surface area (Å²) in [6.07, 6.45) is 5.91. The summed E-state index contributed by atoms with van der Waals surface area (Å²) < 4.78 is 0.873. The summed E-state index contributed by atoms with van der Waals surface area (Å²) in [5.41, 5.74) is 3.45. The van der Waals surface area contributed by atoms with Crippen LogP contribution in [0.3, 0.4) is 0 Å². The van der Waals surface area contributed by atoms with Crippen molar-refractivity contribution in [1.82, 2.24) is 15.3 Å². The molecule has 0 saturated carbocycles. The van der Waals surface area contributed by atoms with E-state index in [0.29, 0.717) is 34.6 Å². The minimum absolute atomic E-state index is 0.325. The van der Waals surface area contributed by atoms with Crippen LogP contribution in [0.2, 0.25) is 5.02 Å². The van der Waals surface area contributed by atoms with Gasteiger partial charge in [-0.05, 0) is 48.0 Å². The highest BCUT2D eigenvalue weighted by molar-refractivity contribution is 9.10. The Bertz CT molecular complexity index is 1300. The number of halogens is 2. The lowest BCUT2D eigenvalue weighted by molar-refractivity contribution is -0.116. The van der Waals surface area contributed by atoms with Crippen molar-refractivity contribution in [3.8, 4) is 0 Å². The second kappa shape index (κ2) is 9.94. The molecule has 1 amide bonds. The van der Waals surface area contributed by atoms with Crippen molar-refractivity contribution in [2.24, 2.45) is 0 Å². The number of ketones is 1. The molecule has 32 heavy (non-hydrogen) atoms. The second-order valence-corrected chi connectivity index (χ2v) is 8.50. The third kappa shape index (κ3) is 5.15. The van der Waals surface area contributed by atoms with E-state index in [2.05, 4.69) is 31.2 Å². The smallest absolute Gasteiger partial charge is 0.292 e. The zero-order valence-corrected chi connectivity index (χ0v) is 19.3. The molecule has 0 saturated heterocycles. The fourth-order valence-electron chi connectivity index (χ4n) is 3.36. The van der Waals surface area contributed by atoms with Crippen molar-refractivity contribution in [1.29, 1.82) is 0 Å². The first-order valence-corrected chi connectivity index (χ1v) is 11.2. The molecular weight excluding hydrogens is 490 g/mol. The Morgan fingerprint density at radius 1 is 1.06 bits per heavy atom. The first-order valence-electron chi connectivity index (χ1n) is 9.98. The summed E-state index contributed by atoms with van der Waals surface area (Å²) in [5.74, 6) is -1.23. The molecule has 2 heterocycles. The molecule has 4 rings (SSSR count). The van der Waals surface area contributed by atoms with E-state index < -0.39 is 11.7 Å². The first-order chi connectivity index (χ1) is 15.5. The minimum atomic E-state index is -0.647. The van der Waals surface area contributed by atoms with Crippen LogP contribution < -0.4 is 5.32 Å². The normalized spacial score (nSPS) is 11.2. The predicted molar refractivity (Wildman–Crippen MR) is 132 cm³/mol. The van der Waals surface area contributed by atoms with Gasteiger partial charge in [-0.2, -0.15) is 0 Å². The fraction of sp³-hybridized carbons (Fsp3) is 0.0800. The molecule has 0 aliphatic rings. The molecule has 0 aliphatic heterocycles. The Labute approximate surface area is 198 Å². The van der Waals surface area contributed by atoms with E-state index in [0.717, 1.165) is 21.2 Å². The van der Waals surface area contributed by atoms with E-state index in [4.69, 9.17) is 11.6 Å². The van der Waals surface area contributed by atoms with Gasteiger partial charge in [-0.25, -0.2) is 0 Å². The van der Waals surface area contributed by atoms with E-state index in [1.807, 2.05) is 54.6 Å². The van der Waals surface area contributed by atoms with Gasteiger partial charge in [-0.1, -0.05) is 57.9 Å². The number of nitrogens with zero attached hydrogens (tertiary/aromatic N) is 1. The van der Waals surface area contributed by atoms with Crippen molar-refractivity contribution in [2.45, 2.75) is 6.42 Å². The third-order valence-electron chi connectivity index (χ3n) is 4.93. The lowest BCUT2D eigenvalue weighted by Gasteiger charge is -2.05. The highest BCUT2D eigenvalue weighted by Gasteiger charge is 2.23. The zero-order valence-electron chi connectivity index (χ0n) is 16.9. The quantitative estimate of drug-likeness (QED) is 0.249. The lowest BCUT2D eigenvalue weighted by atomic mass is 10.0. The molecule has 0 aliphatic carbocycles. The number of carbonyl (C=O) groups excluding carboxylic acids is 2. The predicted octanol–water partition coefficient (Wildman–Crippen LogP) is 5.69. The Morgan fingerprint density at radius 3 is 2.62 bits per heavy atom. The summed E-state index contributed by atoms with van der Waals surface area (Å²) in [6.45, 7) is 0.325. The van der Waals surface area contributed by atoms with Gasteiger partial charge in [0.15, 0.2) is 0 Å². The van der Waals surface area contributed by atoms with Gasteiger partial charge in [0, 0.05) is 45.3 Å². The summed E-state index contributed by atoms with van der Waals surface area (Å²) in [4.78, 5) is 33.3. The van der Waals surface area contributed by atoms with Crippen LogP contribution in [0.25, 0.3) is 23.1 Å². The molecule has 160 valence electrons. The van der Waals surface area contributed by atoms with Crippen LogP contribution >= 0.6 is 27.5 Å². The number of aromatic amines is 1. The molecule has 0 radical (unpaired) electrons. The van der Waals surface area contributed by atoms with Gasteiger partial charge < -0.3 is 10.3 Å². The number of amides is 1. The average Bonchev–Trinajstić information content (AvgIpc) is 3.16. The number of benzene rings is 2. The number of H-pyrrole nitrogens is 1. The SMILES string of the molecule is O=C(NCCc1ccccn1)C(=O)c1c(C=Cc2ccc(Cl)cc2)[nH]c2cc(Br)ccc12. The number of Topliss-reactive ketones (excluding diaryl/α,β-unsaturated/α-hetero) is 1. The molecule has 0 spiro atoms. The van der Waals surface area contributed by atoms with Gasteiger partial charge in [-0.15, -0.1) is 0 Å². The molecule has 2 aromatic carbocycles. The zero-order chi connectivity index (χ0) is 22.5. The molecule has 2 aromatic heterocycles. The molecule has 0 atom stereocenters. The average molecular weight is 509 g/mol. The van der Waals surface area contributed by atoms with Gasteiger partial charge in [0.05, 0.1) is 11.3 Å². The van der Waals surface area contributed by atoms with Crippen LogP contribution in [0, 0.1) is 0 Å². The molecule has 0 bridgehead atoms. The monoisotopic (exact) mass is 507 g/mol. The molecule has 7 heteroatoms. The van der Waals surface area contributed by atoms with Crippen LogP contribution in [0.1, 0.15) is 27.3 Å². The van der Waals surface area contributed by atoms with E-state index in [-0.39, 0.29) is 0 Å². The van der Waals surface area contributed by atoms with E-state index in [1.54, 1.807) is 24.4 Å². The molecule has 0 unspecified atom stereocenters. The topological polar surface area (TPSA) is 74.8 Å². The fourth-order valence-corrected chi connectivity index (χ4v) is 3.84. The third-order valence-corrected chi connectivity index (χ3v) is 5.67. The first kappa shape index (κ1) is 22.0. The van der Waals surface area contributed by atoms with Gasteiger partial charge in [0.2, 0.25) is 0 Å². The number of hydrogen-bond donors (Lipinski definition) is 2. The number of fused-ring (bicyclic) bond motifs is 1. The highest BCUT2D eigenvalue weighted by atomic mass is 79.9. The van der Waals surface area contributed by atoms with Gasteiger partial charge >= 0.3 is 0 Å². The van der Waals surface area contributed by atoms with Crippen LogP contribution in [0.5, 0.6) is 0 Å². The molecule has 5 nitrogen and oxygen atoms in total. The Morgan fingerprint density at radius 2 is 1.88 bits per heavy atom. The standard InChI is InChI=1S/C25H19BrClN3O2/c26-17-7-10-20-22(15-17)30-21(11-6-16-4-8-18(27)9-5-16)23(20)24(31)25(32)29-14-12-19-3-1-2-13-28-19/h1-11,13,15,30H,12,14H2,(H,29,32). The van der Waals surface area contributed by atoms with E-state index in [9.17, 15) is 9.59 Å². The number of rotatable bonds is 7. The maximum absolute atomic E-state index is 13.1. The Hall–Kier alpha value is -3.22. The highest BCUT2D eigenvalue weighted by Crippen LogP contribution is 2.27. The Balaban J connectivity index is 1.59. The molecule has 4 aromatic rings. The van der Waals surface area contributed by atoms with Crippen molar-refractivity contribution in [3.05, 3.63) is 98.9 Å². The summed E-state index contributed by atoms with van der Waals surface area (Å²) in [5, 5.41) is 4.05. The maximum Gasteiger partial charge on any atom is 0.292 e. The minimum Gasteiger partial charge on any atom is -0.354 e. The van der Waals surface area contributed by atoms with Crippen molar-refractivity contribution in [2.75, 3.05) is 6.54 Å². The summed E-state index contributed by atoms with van der Waals surface area (Å²) in [7, 11) is 0. The number of hydrogen-bond acceptors (Lipinski definition) is 3. The van der Waals surface area contributed by atoms with Gasteiger partial charge in [0.1, 0.15) is 0 Å². The van der Waals surface area contributed by atoms with Crippen LogP contribution in [0.15, 0.2) is 71.3 Å². The molecule has 2 N–H and O–H groups in total.